The lowest BCUT2D eigenvalue weighted by Gasteiger charge is -2.21. The largest absolute Gasteiger partial charge is 0.384 e. The Labute approximate surface area is 115 Å². The number of likely N-dealkylation sites (tertiary alicyclic amines) is 1. The third kappa shape index (κ3) is 3.46. The second-order valence-electron chi connectivity index (χ2n) is 5.45. The van der Waals surface area contributed by atoms with Crippen molar-refractivity contribution in [1.82, 2.24) is 9.88 Å². The monoisotopic (exact) mass is 261 g/mol. The Morgan fingerprint density at radius 3 is 2.95 bits per heavy atom. The summed E-state index contributed by atoms with van der Waals surface area (Å²) in [7, 11) is 0. The van der Waals surface area contributed by atoms with Crippen molar-refractivity contribution in [1.29, 1.82) is 0 Å². The molecule has 0 aliphatic carbocycles. The first kappa shape index (κ1) is 13.8. The highest BCUT2D eigenvalue weighted by molar-refractivity contribution is 5.95. The zero-order chi connectivity index (χ0) is 13.8. The van der Waals surface area contributed by atoms with Crippen molar-refractivity contribution in [2.24, 2.45) is 5.92 Å². The number of aryl methyl sites for hydroxylation is 1. The average molecular weight is 261 g/mol. The third-order valence-corrected chi connectivity index (χ3v) is 3.81. The Bertz CT molecular complexity index is 459. The van der Waals surface area contributed by atoms with E-state index in [2.05, 4.69) is 11.9 Å². The van der Waals surface area contributed by atoms with Gasteiger partial charge in [0.25, 0.3) is 5.91 Å². The Balaban J connectivity index is 2.16. The number of pyridine rings is 1. The molecule has 1 atom stereocenters. The fourth-order valence-corrected chi connectivity index (χ4v) is 2.56. The molecule has 0 spiro atoms. The van der Waals surface area contributed by atoms with Crippen molar-refractivity contribution < 1.29 is 4.79 Å². The van der Waals surface area contributed by atoms with Gasteiger partial charge in [0.1, 0.15) is 5.82 Å². The van der Waals surface area contributed by atoms with Crippen LogP contribution in [0.2, 0.25) is 0 Å². The molecule has 19 heavy (non-hydrogen) atoms. The molecule has 1 aromatic heterocycles. The van der Waals surface area contributed by atoms with E-state index in [0.717, 1.165) is 38.0 Å². The zero-order valence-electron chi connectivity index (χ0n) is 11.9. The van der Waals surface area contributed by atoms with Crippen LogP contribution in [0, 0.1) is 5.92 Å². The summed E-state index contributed by atoms with van der Waals surface area (Å²) >= 11 is 0. The Morgan fingerprint density at radius 2 is 2.21 bits per heavy atom. The fourth-order valence-electron chi connectivity index (χ4n) is 2.56. The number of carbonyl (C=O) groups is 1. The first-order valence-electron chi connectivity index (χ1n) is 7.16. The number of aromatic nitrogens is 1. The quantitative estimate of drug-likeness (QED) is 0.889. The summed E-state index contributed by atoms with van der Waals surface area (Å²) in [6.07, 6.45) is 4.19. The number of nitrogens with zero attached hydrogens (tertiary/aromatic N) is 2. The van der Waals surface area contributed by atoms with E-state index in [4.69, 9.17) is 5.73 Å². The van der Waals surface area contributed by atoms with Crippen LogP contribution >= 0.6 is 0 Å². The summed E-state index contributed by atoms with van der Waals surface area (Å²) in [6.45, 7) is 5.98. The van der Waals surface area contributed by atoms with Crippen LogP contribution in [0.1, 0.15) is 49.2 Å². The van der Waals surface area contributed by atoms with Crippen LogP contribution in [-0.4, -0.2) is 28.9 Å². The maximum absolute atomic E-state index is 12.5. The molecule has 2 N–H and O–H groups in total. The van der Waals surface area contributed by atoms with Crippen molar-refractivity contribution >= 4 is 11.7 Å². The minimum atomic E-state index is 0.0953. The zero-order valence-corrected chi connectivity index (χ0v) is 11.9. The number of rotatable bonds is 2. The molecule has 104 valence electrons. The summed E-state index contributed by atoms with van der Waals surface area (Å²) in [4.78, 5) is 18.7. The number of amides is 1. The standard InChI is InChI=1S/C15H23N3O/c1-3-13-9-12(10-14(16)17-13)15(19)18-7-4-5-11(2)6-8-18/h9-11H,3-8H2,1-2H3,(H2,16,17). The van der Waals surface area contributed by atoms with Crippen molar-refractivity contribution in [2.45, 2.75) is 39.5 Å². The third-order valence-electron chi connectivity index (χ3n) is 3.81. The molecule has 0 saturated carbocycles. The highest BCUT2D eigenvalue weighted by Crippen LogP contribution is 2.19. The molecule has 2 rings (SSSR count). The predicted octanol–water partition coefficient (Wildman–Crippen LogP) is 2.49. The summed E-state index contributed by atoms with van der Waals surface area (Å²) < 4.78 is 0. The van der Waals surface area contributed by atoms with Gasteiger partial charge in [-0.25, -0.2) is 4.98 Å². The van der Waals surface area contributed by atoms with E-state index < -0.39 is 0 Å². The molecule has 1 aliphatic rings. The molecule has 1 unspecified atom stereocenters. The first-order valence-corrected chi connectivity index (χ1v) is 7.16. The van der Waals surface area contributed by atoms with Gasteiger partial charge in [0.15, 0.2) is 0 Å². The van der Waals surface area contributed by atoms with Crippen LogP contribution < -0.4 is 5.73 Å². The first-order chi connectivity index (χ1) is 9.10. The van der Waals surface area contributed by atoms with E-state index in [-0.39, 0.29) is 5.91 Å². The molecular formula is C15H23N3O. The number of anilines is 1. The van der Waals surface area contributed by atoms with E-state index in [1.165, 1.54) is 6.42 Å². The van der Waals surface area contributed by atoms with Crippen LogP contribution in [0.4, 0.5) is 5.82 Å². The molecular weight excluding hydrogens is 238 g/mol. The van der Waals surface area contributed by atoms with Crippen LogP contribution in [0.15, 0.2) is 12.1 Å². The highest BCUT2D eigenvalue weighted by Gasteiger charge is 2.20. The van der Waals surface area contributed by atoms with Gasteiger partial charge in [0.05, 0.1) is 0 Å². The summed E-state index contributed by atoms with van der Waals surface area (Å²) in [5, 5.41) is 0. The van der Waals surface area contributed by atoms with Crippen molar-refractivity contribution in [2.75, 3.05) is 18.8 Å². The molecule has 4 nitrogen and oxygen atoms in total. The highest BCUT2D eigenvalue weighted by atomic mass is 16.2. The molecule has 4 heteroatoms. The minimum absolute atomic E-state index is 0.0953. The van der Waals surface area contributed by atoms with E-state index in [1.54, 1.807) is 6.07 Å². The van der Waals surface area contributed by atoms with E-state index >= 15 is 0 Å². The van der Waals surface area contributed by atoms with Crippen molar-refractivity contribution in [3.8, 4) is 0 Å². The van der Waals surface area contributed by atoms with Crippen molar-refractivity contribution in [3.05, 3.63) is 23.4 Å². The lowest BCUT2D eigenvalue weighted by molar-refractivity contribution is 0.0760. The minimum Gasteiger partial charge on any atom is -0.384 e. The Hall–Kier alpha value is -1.58. The lowest BCUT2D eigenvalue weighted by atomic mass is 10.0. The maximum Gasteiger partial charge on any atom is 0.254 e. The van der Waals surface area contributed by atoms with Gasteiger partial charge in [-0.05, 0) is 43.7 Å². The number of hydrogen-bond donors (Lipinski definition) is 1. The van der Waals surface area contributed by atoms with Gasteiger partial charge in [-0.2, -0.15) is 0 Å². The molecule has 1 amide bonds. The molecule has 1 fully saturated rings. The SMILES string of the molecule is CCc1cc(C(=O)N2CCCC(C)CC2)cc(N)n1. The van der Waals surface area contributed by atoms with E-state index in [1.807, 2.05) is 17.9 Å². The summed E-state index contributed by atoms with van der Waals surface area (Å²) in [6, 6.07) is 3.56. The molecule has 0 radical (unpaired) electrons. The number of nitrogens with two attached hydrogens (primary N) is 1. The second-order valence-corrected chi connectivity index (χ2v) is 5.45. The van der Waals surface area contributed by atoms with Crippen LogP contribution in [0.3, 0.4) is 0 Å². The van der Waals surface area contributed by atoms with E-state index in [0.29, 0.717) is 17.3 Å². The van der Waals surface area contributed by atoms with Crippen molar-refractivity contribution in [3.63, 3.8) is 0 Å². The molecule has 0 bridgehead atoms. The number of nitrogen functional groups attached to an aromatic ring is 1. The van der Waals surface area contributed by atoms with Crippen LogP contribution in [0.25, 0.3) is 0 Å². The smallest absolute Gasteiger partial charge is 0.254 e. The van der Waals surface area contributed by atoms with E-state index in [9.17, 15) is 4.79 Å². The van der Waals surface area contributed by atoms with Crippen LogP contribution in [-0.2, 0) is 6.42 Å². The number of carbonyl (C=O) groups excluding carboxylic acids is 1. The van der Waals surface area contributed by atoms with Gasteiger partial charge in [0, 0.05) is 24.3 Å². The molecule has 0 aromatic carbocycles. The van der Waals surface area contributed by atoms with Crippen LogP contribution in [0.5, 0.6) is 0 Å². The molecule has 1 saturated heterocycles. The molecule has 2 heterocycles. The second kappa shape index (κ2) is 6.04. The maximum atomic E-state index is 12.5. The fraction of sp³-hybridized carbons (Fsp3) is 0.600. The normalized spacial score (nSPS) is 20.1. The Morgan fingerprint density at radius 1 is 1.42 bits per heavy atom. The molecule has 1 aliphatic heterocycles. The Kier molecular flexibility index (Phi) is 4.40. The number of hydrogen-bond acceptors (Lipinski definition) is 3. The average Bonchev–Trinajstić information content (AvgIpc) is 2.62. The van der Waals surface area contributed by atoms with Gasteiger partial charge in [-0.15, -0.1) is 0 Å². The predicted molar refractivity (Wildman–Crippen MR) is 76.9 cm³/mol. The van der Waals surface area contributed by atoms with Gasteiger partial charge in [-0.3, -0.25) is 4.79 Å². The van der Waals surface area contributed by atoms with Gasteiger partial charge in [-0.1, -0.05) is 13.8 Å². The summed E-state index contributed by atoms with van der Waals surface area (Å²) in [5.74, 6) is 1.25. The topological polar surface area (TPSA) is 59.2 Å². The summed E-state index contributed by atoms with van der Waals surface area (Å²) in [5.41, 5.74) is 7.33. The van der Waals surface area contributed by atoms with Gasteiger partial charge >= 0.3 is 0 Å². The van der Waals surface area contributed by atoms with Gasteiger partial charge < -0.3 is 10.6 Å². The lowest BCUT2D eigenvalue weighted by Crippen LogP contribution is -2.32. The molecule has 1 aromatic rings. The van der Waals surface area contributed by atoms with Gasteiger partial charge in [0.2, 0.25) is 0 Å².